The summed E-state index contributed by atoms with van der Waals surface area (Å²) in [6.07, 6.45) is 0. The first kappa shape index (κ1) is 15.0. The average Bonchev–Trinajstić information content (AvgIpc) is 2.69. The van der Waals surface area contributed by atoms with Crippen LogP contribution in [-0.2, 0) is 4.79 Å². The number of rotatable bonds is 2. The fourth-order valence-electron chi connectivity index (χ4n) is 2.20. The van der Waals surface area contributed by atoms with Crippen molar-refractivity contribution < 1.29 is 4.79 Å². The molecule has 0 fully saturated rings. The van der Waals surface area contributed by atoms with Crippen LogP contribution in [0.3, 0.4) is 0 Å². The van der Waals surface area contributed by atoms with Crippen LogP contribution in [0.1, 0.15) is 11.6 Å². The van der Waals surface area contributed by atoms with Crippen LogP contribution in [0.25, 0.3) is 0 Å². The molecule has 0 aliphatic carbocycles. The molecule has 1 aliphatic heterocycles. The summed E-state index contributed by atoms with van der Waals surface area (Å²) in [5, 5.41) is 7.29. The number of hydrogen-bond donors (Lipinski definition) is 2. The van der Waals surface area contributed by atoms with Gasteiger partial charge >= 0.3 is 0 Å². The molecule has 0 spiro atoms. The molecule has 3 rings (SSSR count). The highest BCUT2D eigenvalue weighted by Crippen LogP contribution is 2.40. The third-order valence-corrected chi connectivity index (χ3v) is 4.43. The van der Waals surface area contributed by atoms with Gasteiger partial charge in [0.25, 0.3) is 5.91 Å². The summed E-state index contributed by atoms with van der Waals surface area (Å²) < 4.78 is 0.766. The predicted octanol–water partition coefficient (Wildman–Crippen LogP) is 5.51. The van der Waals surface area contributed by atoms with Crippen LogP contribution >= 0.6 is 50.7 Å². The smallest absolute Gasteiger partial charge is 0.251 e. The Morgan fingerprint density at radius 2 is 1.76 bits per heavy atom. The van der Waals surface area contributed by atoms with E-state index in [2.05, 4.69) is 26.6 Å². The molecule has 2 aromatic rings. The third kappa shape index (κ3) is 2.86. The van der Waals surface area contributed by atoms with Gasteiger partial charge < -0.3 is 10.6 Å². The van der Waals surface area contributed by atoms with E-state index < -0.39 is 6.04 Å². The Bertz CT molecular complexity index is 728. The molecular formula is C14H8BrCl3N2O. The van der Waals surface area contributed by atoms with Gasteiger partial charge in [-0.2, -0.15) is 0 Å². The van der Waals surface area contributed by atoms with Gasteiger partial charge in [0.1, 0.15) is 6.04 Å². The van der Waals surface area contributed by atoms with E-state index in [9.17, 15) is 4.79 Å². The van der Waals surface area contributed by atoms with Crippen LogP contribution in [0.2, 0.25) is 15.1 Å². The topological polar surface area (TPSA) is 41.1 Å². The monoisotopic (exact) mass is 404 g/mol. The van der Waals surface area contributed by atoms with Crippen LogP contribution in [0.4, 0.5) is 11.4 Å². The van der Waals surface area contributed by atoms with E-state index >= 15 is 0 Å². The quantitative estimate of drug-likeness (QED) is 0.690. The highest BCUT2D eigenvalue weighted by atomic mass is 79.9. The summed E-state index contributed by atoms with van der Waals surface area (Å²) in [5.74, 6) is -0.178. The lowest BCUT2D eigenvalue weighted by Gasteiger charge is -2.16. The first-order valence-electron chi connectivity index (χ1n) is 5.97. The molecule has 1 amide bonds. The lowest BCUT2D eigenvalue weighted by molar-refractivity contribution is -0.116. The standard InChI is InChI=1S/C14H8BrCl3N2O/c15-6-3-9(17)13(10(18)4-6)20-12-8-5-7(16)1-2-11(8)19-14(12)21/h1-5,12,20H,(H,19,21). The largest absolute Gasteiger partial charge is 0.368 e. The number of nitrogens with one attached hydrogen (secondary N) is 2. The number of anilines is 2. The molecule has 2 N–H and O–H groups in total. The van der Waals surface area contributed by atoms with Gasteiger partial charge in [-0.05, 0) is 30.3 Å². The maximum absolute atomic E-state index is 12.1. The van der Waals surface area contributed by atoms with Gasteiger partial charge in [0.15, 0.2) is 0 Å². The normalized spacial score (nSPS) is 16.6. The lowest BCUT2D eigenvalue weighted by Crippen LogP contribution is -2.20. The summed E-state index contributed by atoms with van der Waals surface area (Å²) in [7, 11) is 0. The SMILES string of the molecule is O=C1Nc2ccc(Cl)cc2C1Nc1c(Cl)cc(Br)cc1Cl. The molecule has 1 heterocycles. The van der Waals surface area contributed by atoms with E-state index in [1.807, 2.05) is 0 Å². The minimum atomic E-state index is -0.588. The Labute approximate surface area is 144 Å². The van der Waals surface area contributed by atoms with Crippen molar-refractivity contribution in [3.63, 3.8) is 0 Å². The fraction of sp³-hybridized carbons (Fsp3) is 0.0714. The summed E-state index contributed by atoms with van der Waals surface area (Å²) in [5.41, 5.74) is 2.00. The van der Waals surface area contributed by atoms with E-state index in [0.29, 0.717) is 20.8 Å². The number of hydrogen-bond acceptors (Lipinski definition) is 2. The molecule has 108 valence electrons. The van der Waals surface area contributed by atoms with Gasteiger partial charge in [-0.3, -0.25) is 4.79 Å². The van der Waals surface area contributed by atoms with Crippen molar-refractivity contribution in [1.82, 2.24) is 0 Å². The molecule has 1 atom stereocenters. The fourth-order valence-corrected chi connectivity index (χ4v) is 3.70. The van der Waals surface area contributed by atoms with E-state index in [1.165, 1.54) is 0 Å². The number of fused-ring (bicyclic) bond motifs is 1. The third-order valence-electron chi connectivity index (χ3n) is 3.14. The molecule has 7 heteroatoms. The molecule has 0 aromatic heterocycles. The maximum atomic E-state index is 12.1. The van der Waals surface area contributed by atoms with Crippen molar-refractivity contribution in [1.29, 1.82) is 0 Å². The van der Waals surface area contributed by atoms with Gasteiger partial charge in [0.2, 0.25) is 0 Å². The minimum Gasteiger partial charge on any atom is -0.368 e. The van der Waals surface area contributed by atoms with Crippen molar-refractivity contribution in [2.24, 2.45) is 0 Å². The molecule has 2 aromatic carbocycles. The number of halogens is 4. The molecule has 0 saturated heterocycles. The molecule has 0 saturated carbocycles. The summed E-state index contributed by atoms with van der Waals surface area (Å²) in [6, 6.07) is 8.07. The minimum absolute atomic E-state index is 0.178. The molecular weight excluding hydrogens is 398 g/mol. The van der Waals surface area contributed by atoms with Crippen molar-refractivity contribution in [2.45, 2.75) is 6.04 Å². The molecule has 1 unspecified atom stereocenters. The van der Waals surface area contributed by atoms with Gasteiger partial charge in [-0.1, -0.05) is 50.7 Å². The van der Waals surface area contributed by atoms with E-state index in [-0.39, 0.29) is 5.91 Å². The van der Waals surface area contributed by atoms with Crippen molar-refractivity contribution in [3.8, 4) is 0 Å². The lowest BCUT2D eigenvalue weighted by atomic mass is 10.1. The molecule has 21 heavy (non-hydrogen) atoms. The molecule has 0 radical (unpaired) electrons. The van der Waals surface area contributed by atoms with Gasteiger partial charge in [0, 0.05) is 20.7 Å². The van der Waals surface area contributed by atoms with Crippen molar-refractivity contribution in [2.75, 3.05) is 10.6 Å². The molecule has 3 nitrogen and oxygen atoms in total. The molecule has 1 aliphatic rings. The zero-order valence-electron chi connectivity index (χ0n) is 10.4. The van der Waals surface area contributed by atoms with E-state index in [0.717, 1.165) is 15.7 Å². The second-order valence-corrected chi connectivity index (χ2v) is 6.71. The first-order valence-corrected chi connectivity index (χ1v) is 7.90. The first-order chi connectivity index (χ1) is 9.95. The number of amides is 1. The Balaban J connectivity index is 2.00. The van der Waals surface area contributed by atoms with Crippen molar-refractivity contribution in [3.05, 3.63) is 55.4 Å². The Morgan fingerprint density at radius 3 is 2.43 bits per heavy atom. The van der Waals surface area contributed by atoms with Gasteiger partial charge in [-0.15, -0.1) is 0 Å². The van der Waals surface area contributed by atoms with Crippen LogP contribution in [0, 0.1) is 0 Å². The van der Waals surface area contributed by atoms with Crippen molar-refractivity contribution >= 4 is 68.0 Å². The van der Waals surface area contributed by atoms with Gasteiger partial charge in [-0.25, -0.2) is 0 Å². The van der Waals surface area contributed by atoms with Crippen LogP contribution < -0.4 is 10.6 Å². The number of carbonyl (C=O) groups excluding carboxylic acids is 1. The number of benzene rings is 2. The Morgan fingerprint density at radius 1 is 1.10 bits per heavy atom. The van der Waals surface area contributed by atoms with Crippen LogP contribution in [0.5, 0.6) is 0 Å². The second-order valence-electron chi connectivity index (χ2n) is 4.54. The highest BCUT2D eigenvalue weighted by molar-refractivity contribution is 9.10. The van der Waals surface area contributed by atoms with Crippen LogP contribution in [0.15, 0.2) is 34.8 Å². The second kappa shape index (κ2) is 5.69. The Hall–Kier alpha value is -0.940. The maximum Gasteiger partial charge on any atom is 0.251 e. The van der Waals surface area contributed by atoms with E-state index in [4.69, 9.17) is 34.8 Å². The predicted molar refractivity (Wildman–Crippen MR) is 90.6 cm³/mol. The summed E-state index contributed by atoms with van der Waals surface area (Å²) in [4.78, 5) is 12.1. The summed E-state index contributed by atoms with van der Waals surface area (Å²) in [6.45, 7) is 0. The highest BCUT2D eigenvalue weighted by Gasteiger charge is 2.31. The zero-order chi connectivity index (χ0) is 15.1. The van der Waals surface area contributed by atoms with Crippen LogP contribution in [-0.4, -0.2) is 5.91 Å². The Kier molecular flexibility index (Phi) is 4.06. The zero-order valence-corrected chi connectivity index (χ0v) is 14.2. The molecule has 0 bridgehead atoms. The van der Waals surface area contributed by atoms with Gasteiger partial charge in [0.05, 0.1) is 15.7 Å². The average molecular weight is 406 g/mol. The summed E-state index contributed by atoms with van der Waals surface area (Å²) >= 11 is 21.7. The number of carbonyl (C=O) groups is 1. The van der Waals surface area contributed by atoms with E-state index in [1.54, 1.807) is 30.3 Å².